The van der Waals surface area contributed by atoms with Crippen molar-refractivity contribution in [3.05, 3.63) is 23.8 Å². The third-order valence-corrected chi connectivity index (χ3v) is 1.44. The first-order valence-corrected chi connectivity index (χ1v) is 3.97. The highest BCUT2D eigenvalue weighted by Gasteiger charge is 1.95. The molecule has 0 aliphatic carbocycles. The molecule has 0 amide bonds. The molecule has 0 aromatic rings. The van der Waals surface area contributed by atoms with Crippen molar-refractivity contribution in [1.82, 2.24) is 0 Å². The molecule has 0 saturated heterocycles. The number of rotatable bonds is 3. The normalized spacial score (nSPS) is 14.1. The molecule has 0 rings (SSSR count). The summed E-state index contributed by atoms with van der Waals surface area (Å²) in [5, 5.41) is 0. The van der Waals surface area contributed by atoms with Crippen molar-refractivity contribution in [1.29, 1.82) is 0 Å². The van der Waals surface area contributed by atoms with Crippen molar-refractivity contribution in [2.75, 3.05) is 7.05 Å². The largest absolute Gasteiger partial charge is 0.297 e. The summed E-state index contributed by atoms with van der Waals surface area (Å²) in [6.07, 6.45) is 8.04. The molecule has 0 fully saturated rings. The summed E-state index contributed by atoms with van der Waals surface area (Å²) >= 11 is 0. The fraction of sp³-hybridized carbons (Fsp3) is 0.500. The van der Waals surface area contributed by atoms with Gasteiger partial charge in [0, 0.05) is 13.3 Å². The van der Waals surface area contributed by atoms with E-state index in [9.17, 15) is 0 Å². The highest BCUT2D eigenvalue weighted by Crippen LogP contribution is 2.09. The molecule has 0 aliphatic heterocycles. The van der Waals surface area contributed by atoms with Crippen LogP contribution in [-0.4, -0.2) is 13.3 Å². The van der Waals surface area contributed by atoms with Crippen molar-refractivity contribution < 1.29 is 0 Å². The van der Waals surface area contributed by atoms with Crippen LogP contribution in [0.4, 0.5) is 0 Å². The van der Waals surface area contributed by atoms with E-state index >= 15 is 0 Å². The quantitative estimate of drug-likeness (QED) is 0.434. The van der Waals surface area contributed by atoms with E-state index in [0.29, 0.717) is 5.92 Å². The van der Waals surface area contributed by atoms with Crippen LogP contribution in [0.25, 0.3) is 0 Å². The zero-order valence-electron chi connectivity index (χ0n) is 7.83. The fourth-order valence-corrected chi connectivity index (χ4v) is 0.794. The topological polar surface area (TPSA) is 12.4 Å². The van der Waals surface area contributed by atoms with E-state index < -0.39 is 0 Å². The van der Waals surface area contributed by atoms with Gasteiger partial charge >= 0.3 is 0 Å². The predicted octanol–water partition coefficient (Wildman–Crippen LogP) is 2.85. The molecule has 0 unspecified atom stereocenters. The lowest BCUT2D eigenvalue weighted by atomic mass is 10.0. The molecule has 0 spiro atoms. The lowest BCUT2D eigenvalue weighted by Crippen LogP contribution is -1.90. The van der Waals surface area contributed by atoms with Crippen LogP contribution in [0.5, 0.6) is 0 Å². The minimum atomic E-state index is 0.573. The Kier molecular flexibility index (Phi) is 5.44. The number of hydrogen-bond donors (Lipinski definition) is 0. The first-order valence-electron chi connectivity index (χ1n) is 3.97. The van der Waals surface area contributed by atoms with Gasteiger partial charge in [0.25, 0.3) is 0 Å². The van der Waals surface area contributed by atoms with Gasteiger partial charge in [0.05, 0.1) is 0 Å². The molecule has 0 saturated carbocycles. The Labute approximate surface area is 69.5 Å². The van der Waals surface area contributed by atoms with Crippen molar-refractivity contribution >= 4 is 6.21 Å². The van der Waals surface area contributed by atoms with Crippen LogP contribution in [0.1, 0.15) is 20.8 Å². The van der Waals surface area contributed by atoms with Gasteiger partial charge in [-0.3, -0.25) is 4.99 Å². The molecule has 1 heteroatoms. The summed E-state index contributed by atoms with van der Waals surface area (Å²) in [6, 6.07) is 0. The fourth-order valence-electron chi connectivity index (χ4n) is 0.794. The zero-order chi connectivity index (χ0) is 8.69. The van der Waals surface area contributed by atoms with Gasteiger partial charge < -0.3 is 0 Å². The summed E-state index contributed by atoms with van der Waals surface area (Å²) in [6.45, 7) is 6.38. The first kappa shape index (κ1) is 10.2. The van der Waals surface area contributed by atoms with Crippen molar-refractivity contribution in [2.45, 2.75) is 20.8 Å². The Bertz CT molecular complexity index is 173. The summed E-state index contributed by atoms with van der Waals surface area (Å²) in [7, 11) is 1.78. The standard InChI is InChI=1S/C10H17N/c1-5-6-10(9(2)3)7-8-11-4/h5-9H,1-4H3/b6-5-,10-7+,11-8-. The second-order valence-electron chi connectivity index (χ2n) is 2.73. The number of nitrogens with zero attached hydrogens (tertiary/aromatic N) is 1. The molecule has 0 atom stereocenters. The van der Waals surface area contributed by atoms with Crippen LogP contribution in [0.3, 0.4) is 0 Å². The van der Waals surface area contributed by atoms with Crippen LogP contribution in [0.2, 0.25) is 0 Å². The third-order valence-electron chi connectivity index (χ3n) is 1.44. The minimum absolute atomic E-state index is 0.573. The smallest absolute Gasteiger partial charge is 0.0277 e. The predicted molar refractivity (Wildman–Crippen MR) is 52.2 cm³/mol. The summed E-state index contributed by atoms with van der Waals surface area (Å²) in [5.74, 6) is 0.573. The molecule has 0 heterocycles. The van der Waals surface area contributed by atoms with Crippen molar-refractivity contribution in [2.24, 2.45) is 10.9 Å². The highest BCUT2D eigenvalue weighted by molar-refractivity contribution is 5.72. The van der Waals surface area contributed by atoms with E-state index in [4.69, 9.17) is 0 Å². The molecule has 0 bridgehead atoms. The van der Waals surface area contributed by atoms with Gasteiger partial charge in [0.15, 0.2) is 0 Å². The summed E-state index contributed by atoms with van der Waals surface area (Å²) in [5.41, 5.74) is 1.32. The van der Waals surface area contributed by atoms with E-state index in [1.54, 1.807) is 7.05 Å². The highest BCUT2D eigenvalue weighted by atomic mass is 14.6. The molecule has 62 valence electrons. The maximum Gasteiger partial charge on any atom is 0.0277 e. The number of aliphatic imine (C=N–C) groups is 1. The maximum absolute atomic E-state index is 3.90. The Morgan fingerprint density at radius 2 is 2.00 bits per heavy atom. The Morgan fingerprint density at radius 1 is 1.36 bits per heavy atom. The van der Waals surface area contributed by atoms with Gasteiger partial charge in [-0.15, -0.1) is 0 Å². The second kappa shape index (κ2) is 5.90. The van der Waals surface area contributed by atoms with Gasteiger partial charge in [0.1, 0.15) is 0 Å². The third kappa shape index (κ3) is 4.54. The molecule has 1 nitrogen and oxygen atoms in total. The monoisotopic (exact) mass is 151 g/mol. The van der Waals surface area contributed by atoms with E-state index in [-0.39, 0.29) is 0 Å². The molecule has 11 heavy (non-hydrogen) atoms. The lowest BCUT2D eigenvalue weighted by Gasteiger charge is -2.03. The molecule has 0 radical (unpaired) electrons. The van der Waals surface area contributed by atoms with E-state index in [2.05, 4.69) is 31.0 Å². The molecule has 0 aromatic carbocycles. The molecular formula is C10H17N. The van der Waals surface area contributed by atoms with Gasteiger partial charge in [-0.25, -0.2) is 0 Å². The average Bonchev–Trinajstić information content (AvgIpc) is 1.97. The second-order valence-corrected chi connectivity index (χ2v) is 2.73. The Hall–Kier alpha value is -0.850. The van der Waals surface area contributed by atoms with E-state index in [1.165, 1.54) is 5.57 Å². The van der Waals surface area contributed by atoms with E-state index in [1.807, 2.05) is 19.2 Å². The van der Waals surface area contributed by atoms with Gasteiger partial charge in [-0.05, 0) is 24.5 Å². The van der Waals surface area contributed by atoms with Crippen LogP contribution < -0.4 is 0 Å². The van der Waals surface area contributed by atoms with Crippen molar-refractivity contribution in [3.63, 3.8) is 0 Å². The van der Waals surface area contributed by atoms with Gasteiger partial charge in [0.2, 0.25) is 0 Å². The minimum Gasteiger partial charge on any atom is -0.297 e. The maximum atomic E-state index is 3.90. The molecule has 0 N–H and O–H groups in total. The number of allylic oxidation sites excluding steroid dienone is 4. The van der Waals surface area contributed by atoms with Gasteiger partial charge in [-0.2, -0.15) is 0 Å². The summed E-state index contributed by atoms with van der Waals surface area (Å²) < 4.78 is 0. The Morgan fingerprint density at radius 3 is 2.36 bits per heavy atom. The SMILES string of the molecule is C\C=C/C(=C\C=N/C)C(C)C. The Balaban J connectivity index is 4.32. The average molecular weight is 151 g/mol. The number of hydrogen-bond acceptors (Lipinski definition) is 1. The lowest BCUT2D eigenvalue weighted by molar-refractivity contribution is 0.793. The molecule has 0 aliphatic rings. The van der Waals surface area contributed by atoms with Crippen LogP contribution in [0, 0.1) is 5.92 Å². The molecular weight excluding hydrogens is 134 g/mol. The van der Waals surface area contributed by atoms with Crippen LogP contribution in [0.15, 0.2) is 28.8 Å². The van der Waals surface area contributed by atoms with Crippen LogP contribution >= 0.6 is 0 Å². The first-order chi connectivity index (χ1) is 5.22. The van der Waals surface area contributed by atoms with Crippen molar-refractivity contribution in [3.8, 4) is 0 Å². The molecule has 0 aromatic heterocycles. The van der Waals surface area contributed by atoms with E-state index in [0.717, 1.165) is 0 Å². The zero-order valence-corrected chi connectivity index (χ0v) is 7.83. The summed E-state index contributed by atoms with van der Waals surface area (Å²) in [4.78, 5) is 3.90. The van der Waals surface area contributed by atoms with Gasteiger partial charge in [-0.1, -0.05) is 26.0 Å². The van der Waals surface area contributed by atoms with Crippen LogP contribution in [-0.2, 0) is 0 Å².